The lowest BCUT2D eigenvalue weighted by molar-refractivity contribution is -0.123. The maximum Gasteiger partial charge on any atom is 0.433 e. The molecule has 1 heterocycles. The molecule has 0 spiro atoms. The molecule has 3 aromatic rings. The van der Waals surface area contributed by atoms with Gasteiger partial charge in [0.15, 0.2) is 0 Å². The number of hydrogen-bond donors (Lipinski definition) is 1. The van der Waals surface area contributed by atoms with Crippen LogP contribution in [0.1, 0.15) is 92.2 Å². The summed E-state index contributed by atoms with van der Waals surface area (Å²) in [4.78, 5) is 38.2. The molecule has 0 unspecified atom stereocenters. The summed E-state index contributed by atoms with van der Waals surface area (Å²) in [7, 11) is 1.72. The Morgan fingerprint density at radius 2 is 1.76 bits per heavy atom. The Labute approximate surface area is 275 Å². The predicted molar refractivity (Wildman–Crippen MR) is 182 cm³/mol. The van der Waals surface area contributed by atoms with Crippen LogP contribution in [-0.2, 0) is 9.53 Å². The summed E-state index contributed by atoms with van der Waals surface area (Å²) in [6.07, 6.45) is 10.7. The Morgan fingerprint density at radius 3 is 2.46 bits per heavy atom. The molecule has 244 valence electrons. The van der Waals surface area contributed by atoms with Gasteiger partial charge in [-0.15, -0.1) is 11.3 Å². The highest BCUT2D eigenvalue weighted by molar-refractivity contribution is 7.15. The molecule has 2 aromatic carbocycles. The molecule has 0 saturated heterocycles. The Balaban J connectivity index is 1.17. The summed E-state index contributed by atoms with van der Waals surface area (Å²) in [5.41, 5.74) is 5.38. The quantitative estimate of drug-likeness (QED) is 0.240. The van der Waals surface area contributed by atoms with Gasteiger partial charge in [-0.3, -0.25) is 4.79 Å². The lowest BCUT2D eigenvalue weighted by Gasteiger charge is -2.35. The van der Waals surface area contributed by atoms with Crippen LogP contribution in [0.5, 0.6) is 5.75 Å². The lowest BCUT2D eigenvalue weighted by Crippen LogP contribution is -2.41. The highest BCUT2D eigenvalue weighted by Gasteiger charge is 2.33. The number of methoxy groups -OCH3 is 1. The predicted octanol–water partition coefficient (Wildman–Crippen LogP) is 8.07. The number of thiazole rings is 1. The highest BCUT2D eigenvalue weighted by Crippen LogP contribution is 2.44. The van der Waals surface area contributed by atoms with E-state index >= 15 is 0 Å². The Morgan fingerprint density at radius 1 is 1.00 bits per heavy atom. The van der Waals surface area contributed by atoms with E-state index in [9.17, 15) is 9.59 Å². The number of aryl methyl sites for hydroxylation is 1. The summed E-state index contributed by atoms with van der Waals surface area (Å²) < 4.78 is 10.4. The first-order valence-corrected chi connectivity index (χ1v) is 17.6. The molecule has 0 atom stereocenters. The van der Waals surface area contributed by atoms with Gasteiger partial charge in [-0.05, 0) is 118 Å². The van der Waals surface area contributed by atoms with Crippen LogP contribution in [0.4, 0.5) is 10.5 Å². The second-order valence-corrected chi connectivity index (χ2v) is 14.1. The van der Waals surface area contributed by atoms with E-state index in [1.807, 2.05) is 6.20 Å². The van der Waals surface area contributed by atoms with Gasteiger partial charge in [-0.2, -0.15) is 4.99 Å². The van der Waals surface area contributed by atoms with E-state index in [2.05, 4.69) is 59.3 Å². The molecular weight excluding hydrogens is 598 g/mol. The van der Waals surface area contributed by atoms with E-state index < -0.39 is 6.09 Å². The van der Waals surface area contributed by atoms with Gasteiger partial charge >= 0.3 is 6.09 Å². The average molecular weight is 644 g/mol. The van der Waals surface area contributed by atoms with Crippen LogP contribution < -0.4 is 9.64 Å². The van der Waals surface area contributed by atoms with Crippen molar-refractivity contribution in [2.75, 3.05) is 31.8 Å². The number of aliphatic hydroxyl groups is 1. The monoisotopic (exact) mass is 643 g/mol. The number of amides is 2. The summed E-state index contributed by atoms with van der Waals surface area (Å²) >= 11 is 1.77. The smallest absolute Gasteiger partial charge is 0.433 e. The van der Waals surface area contributed by atoms with Gasteiger partial charge in [0.2, 0.25) is 5.91 Å². The topological polar surface area (TPSA) is 101 Å². The number of ether oxygens (including phenoxy) is 2. The van der Waals surface area contributed by atoms with Crippen LogP contribution in [0.25, 0.3) is 10.4 Å². The van der Waals surface area contributed by atoms with Gasteiger partial charge in [-0.25, -0.2) is 9.78 Å². The number of anilines is 1. The van der Waals surface area contributed by atoms with Crippen molar-refractivity contribution in [2.24, 2.45) is 16.8 Å². The van der Waals surface area contributed by atoms with Crippen molar-refractivity contribution in [2.45, 2.75) is 83.0 Å². The fraction of sp³-hybridized carbons (Fsp3) is 0.514. The number of benzene rings is 2. The number of carbonyl (C=O) groups is 2. The summed E-state index contributed by atoms with van der Waals surface area (Å²) in [6.45, 7) is 2.53. The minimum atomic E-state index is -0.666. The van der Waals surface area contributed by atoms with Gasteiger partial charge in [-0.1, -0.05) is 24.3 Å². The summed E-state index contributed by atoms with van der Waals surface area (Å²) in [5, 5.41) is 10.1. The number of aliphatic hydroxyl groups excluding tert-OH is 1. The standard InChI is InChI=1S/C37H45N3O5S/c1-24-20-29(14-17-33(24)44-2)26-8-6-25(7-9-26)23-40(36(42)28-12-15-31(16-13-28)39-37(43)45-19-18-41)32-5-3-4-30(21-32)34-22-38-35(46-34)27-10-11-27/h3-5,14,17,20-22,25-28,41H,6-13,15-16,18-19,23H2,1-2H3. The molecule has 3 aliphatic rings. The zero-order chi connectivity index (χ0) is 32.0. The minimum Gasteiger partial charge on any atom is -0.496 e. The third-order valence-corrected chi connectivity index (χ3v) is 11.0. The second-order valence-electron chi connectivity index (χ2n) is 13.1. The largest absolute Gasteiger partial charge is 0.496 e. The maximum absolute atomic E-state index is 14.3. The van der Waals surface area contributed by atoms with Crippen LogP contribution in [0, 0.1) is 18.8 Å². The first kappa shape index (κ1) is 32.4. The SMILES string of the molecule is COc1ccc(C2CCC(CN(C(=O)C3CCC(=NC(=O)OCCO)CC3)c3cccc(-c4cnc(C5CC5)s4)c3)CC2)cc1C. The van der Waals surface area contributed by atoms with Crippen LogP contribution in [-0.4, -0.2) is 54.7 Å². The average Bonchev–Trinajstić information content (AvgIpc) is 3.82. The molecule has 1 N–H and O–H groups in total. The molecule has 9 heteroatoms. The van der Waals surface area contributed by atoms with E-state index in [4.69, 9.17) is 19.6 Å². The van der Waals surface area contributed by atoms with Crippen molar-refractivity contribution in [3.63, 3.8) is 0 Å². The van der Waals surface area contributed by atoms with Gasteiger partial charge < -0.3 is 19.5 Å². The molecule has 0 bridgehead atoms. The van der Waals surface area contributed by atoms with Crippen molar-refractivity contribution >= 4 is 34.7 Å². The molecule has 6 rings (SSSR count). The third-order valence-electron chi connectivity index (χ3n) is 9.81. The lowest BCUT2D eigenvalue weighted by atomic mass is 9.78. The molecule has 46 heavy (non-hydrogen) atoms. The van der Waals surface area contributed by atoms with E-state index in [1.54, 1.807) is 18.4 Å². The fourth-order valence-electron chi connectivity index (χ4n) is 7.01. The van der Waals surface area contributed by atoms with Crippen LogP contribution in [0.15, 0.2) is 53.7 Å². The Hall–Kier alpha value is -3.56. The fourth-order valence-corrected chi connectivity index (χ4v) is 8.09. The zero-order valence-electron chi connectivity index (χ0n) is 27.0. The number of rotatable bonds is 10. The van der Waals surface area contributed by atoms with Gasteiger partial charge in [0.25, 0.3) is 0 Å². The van der Waals surface area contributed by atoms with Crippen LogP contribution in [0.2, 0.25) is 0 Å². The summed E-state index contributed by atoms with van der Waals surface area (Å²) in [6, 6.07) is 15.0. The minimum absolute atomic E-state index is 0.0597. The number of carbonyl (C=O) groups excluding carboxylic acids is 2. The summed E-state index contributed by atoms with van der Waals surface area (Å²) in [5.74, 6) is 2.54. The number of nitrogens with zero attached hydrogens (tertiary/aromatic N) is 3. The number of aliphatic imine (C=N–C) groups is 1. The molecule has 8 nitrogen and oxygen atoms in total. The highest BCUT2D eigenvalue weighted by atomic mass is 32.1. The van der Waals surface area contributed by atoms with Crippen molar-refractivity contribution in [1.82, 2.24) is 4.98 Å². The van der Waals surface area contributed by atoms with E-state index in [-0.39, 0.29) is 25.0 Å². The number of hydrogen-bond acceptors (Lipinski definition) is 7. The van der Waals surface area contributed by atoms with Gasteiger partial charge in [0.05, 0.1) is 23.6 Å². The van der Waals surface area contributed by atoms with E-state index in [1.165, 1.54) is 29.0 Å². The second kappa shape index (κ2) is 14.9. The molecule has 0 aliphatic heterocycles. The Bertz CT molecular complexity index is 1550. The molecule has 2 amide bonds. The first-order valence-electron chi connectivity index (χ1n) is 16.8. The zero-order valence-corrected chi connectivity index (χ0v) is 27.8. The third kappa shape index (κ3) is 7.86. The first-order chi connectivity index (χ1) is 22.4. The molecule has 3 saturated carbocycles. The number of aromatic nitrogens is 1. The van der Waals surface area contributed by atoms with Gasteiger partial charge in [0, 0.05) is 36.0 Å². The van der Waals surface area contributed by atoms with Gasteiger partial charge in [0.1, 0.15) is 12.4 Å². The van der Waals surface area contributed by atoms with E-state index in [0.29, 0.717) is 50.0 Å². The van der Waals surface area contributed by atoms with Crippen molar-refractivity contribution in [1.29, 1.82) is 0 Å². The normalized spacial score (nSPS) is 21.5. The van der Waals surface area contributed by atoms with Crippen LogP contribution in [0.3, 0.4) is 0 Å². The Kier molecular flexibility index (Phi) is 10.5. The maximum atomic E-state index is 14.3. The molecular formula is C37H45N3O5S. The van der Waals surface area contributed by atoms with Crippen molar-refractivity contribution in [3.8, 4) is 16.2 Å². The van der Waals surface area contributed by atoms with E-state index in [0.717, 1.165) is 53.3 Å². The van der Waals surface area contributed by atoms with Crippen molar-refractivity contribution in [3.05, 3.63) is 64.8 Å². The molecule has 1 aromatic heterocycles. The molecule has 3 aliphatic carbocycles. The van der Waals surface area contributed by atoms with Crippen molar-refractivity contribution < 1.29 is 24.2 Å². The van der Waals surface area contributed by atoms with Crippen LogP contribution >= 0.6 is 11.3 Å². The molecule has 0 radical (unpaired) electrons. The molecule has 3 fully saturated rings.